The van der Waals surface area contributed by atoms with Crippen molar-refractivity contribution >= 4 is 76.9 Å². The Morgan fingerprint density at radius 1 is 0.699 bits per heavy atom. The molecular weight excluding hydrogens is 1350 g/mol. The maximum absolute atomic E-state index is 14.9. The number of anilines is 1. The highest BCUT2D eigenvalue weighted by Gasteiger charge is 2.50. The molecule has 103 heavy (non-hydrogen) atoms. The van der Waals surface area contributed by atoms with E-state index in [1.54, 1.807) is 97.7 Å². The van der Waals surface area contributed by atoms with Gasteiger partial charge in [0.25, 0.3) is 0 Å². The zero-order valence-electron chi connectivity index (χ0n) is 62.1. The van der Waals surface area contributed by atoms with Gasteiger partial charge in [0.1, 0.15) is 55.2 Å². The molecule has 10 amide bonds. The third kappa shape index (κ3) is 25.2. The number of aliphatic hydroxyl groups excluding tert-OH is 4. The van der Waals surface area contributed by atoms with Crippen molar-refractivity contribution in [1.29, 1.82) is 0 Å². The summed E-state index contributed by atoms with van der Waals surface area (Å²) >= 11 is 0. The lowest BCUT2D eigenvalue weighted by atomic mass is 9.89. The summed E-state index contributed by atoms with van der Waals surface area (Å²) in [6, 6.07) is 7.42. The largest absolute Gasteiger partial charge is 0.481 e. The van der Waals surface area contributed by atoms with E-state index in [1.165, 1.54) is 50.4 Å². The van der Waals surface area contributed by atoms with Crippen LogP contribution in [0.4, 0.5) is 10.5 Å². The Kier molecular flexibility index (Phi) is 34.5. The zero-order valence-corrected chi connectivity index (χ0v) is 61.1. The summed E-state index contributed by atoms with van der Waals surface area (Å²) in [5, 5.41) is 78.1. The number of aliphatic carboxylic acids is 2. The monoisotopic (exact) mass is 1460 g/mol. The molecule has 13 N–H and O–H groups in total. The summed E-state index contributed by atoms with van der Waals surface area (Å²) in [6.45, 7) is 15.7. The van der Waals surface area contributed by atoms with Gasteiger partial charge in [-0.1, -0.05) is 111 Å². The minimum absolute atomic E-state index is 0.187. The highest BCUT2D eigenvalue weighted by Crippen LogP contribution is 2.33. The first-order valence-electron chi connectivity index (χ1n) is 35.1. The number of amides is 10. The third-order valence-electron chi connectivity index (χ3n) is 18.4. The van der Waals surface area contributed by atoms with Crippen LogP contribution >= 0.6 is 0 Å². The zero-order chi connectivity index (χ0) is 78.1. The van der Waals surface area contributed by atoms with E-state index in [0.717, 1.165) is 4.90 Å². The van der Waals surface area contributed by atoms with Gasteiger partial charge in [-0.25, -0.2) is 9.59 Å². The lowest BCUT2D eigenvalue weighted by molar-refractivity contribution is -0.307. The SMILES string of the molecule is [3H]C(CC(=O)O)C(=O)NCC(=O)NCCC(=O)N[C@H](C(=O)N[C@@H](CO)C(=O)Nc1ccc(COC(=O)N(C)[C@H](C(=O)N[C@H](C(=O)N(C)[C@@H]([C@@H](C)CC)[C@@H](CC(=O)N2CCC[C@H]2[C@H](OC)[C@@H](C)C(=O)N[C@H](C)[C@@H](O[C@@H]2O[C@H](C(=O)O)[C@@H](O)[C@H](O)[C@H]2O)c2ccccc2)OC)C(C)C)C(C)C)cc1)C(C)C. The van der Waals surface area contributed by atoms with Crippen molar-refractivity contribution in [2.75, 3.05) is 59.9 Å². The number of ether oxygens (including phenoxy) is 5. The number of carboxylic acids is 2. The van der Waals surface area contributed by atoms with Crippen LogP contribution in [0, 0.1) is 29.6 Å². The Bertz CT molecular complexity index is 3210. The molecule has 0 spiro atoms. The summed E-state index contributed by atoms with van der Waals surface area (Å²) in [6.07, 6.45) is -14.4. The molecule has 0 aliphatic carbocycles. The van der Waals surface area contributed by atoms with Gasteiger partial charge in [0.2, 0.25) is 53.2 Å². The molecule has 576 valence electrons. The average Bonchev–Trinajstić information content (AvgIpc) is 1.04. The van der Waals surface area contributed by atoms with Crippen LogP contribution in [0.1, 0.15) is 133 Å². The highest BCUT2D eigenvalue weighted by molar-refractivity contribution is 5.99. The van der Waals surface area contributed by atoms with Crippen molar-refractivity contribution in [2.45, 2.75) is 212 Å². The number of rotatable bonds is 40. The highest BCUT2D eigenvalue weighted by atomic mass is 16.7. The second-order valence-electron chi connectivity index (χ2n) is 27.0. The molecule has 0 radical (unpaired) electrons. The second-order valence-corrected chi connectivity index (χ2v) is 27.0. The van der Waals surface area contributed by atoms with Crippen LogP contribution in [0.5, 0.6) is 0 Å². The predicted molar refractivity (Wildman–Crippen MR) is 370 cm³/mol. The molecule has 2 aromatic rings. The fourth-order valence-electron chi connectivity index (χ4n) is 12.4. The molecule has 0 bridgehead atoms. The van der Waals surface area contributed by atoms with Gasteiger partial charge >= 0.3 is 18.0 Å². The van der Waals surface area contributed by atoms with Gasteiger partial charge in [-0.05, 0) is 66.7 Å². The van der Waals surface area contributed by atoms with Crippen LogP contribution in [-0.4, -0.2) is 256 Å². The summed E-state index contributed by atoms with van der Waals surface area (Å²) in [4.78, 5) is 162. The third-order valence-corrected chi connectivity index (χ3v) is 18.4. The number of nitrogens with zero attached hydrogens (tertiary/aromatic N) is 3. The molecule has 2 saturated heterocycles. The smallest absolute Gasteiger partial charge is 0.410 e. The number of nitrogens with one attached hydrogen (secondary N) is 7. The molecule has 2 aliphatic rings. The quantitative estimate of drug-likeness (QED) is 0.0433. The maximum Gasteiger partial charge on any atom is 0.410 e. The number of hydrogen-bond acceptors (Lipinski definition) is 21. The van der Waals surface area contributed by atoms with E-state index in [1.807, 2.05) is 13.8 Å². The molecule has 4 rings (SSSR count). The Morgan fingerprint density at radius 3 is 1.90 bits per heavy atom. The molecular formula is C70H108N10O23. The van der Waals surface area contributed by atoms with Gasteiger partial charge in [-0.2, -0.15) is 0 Å². The molecule has 2 aromatic carbocycles. The fourth-order valence-corrected chi connectivity index (χ4v) is 12.4. The van der Waals surface area contributed by atoms with E-state index in [9.17, 15) is 83.1 Å². The van der Waals surface area contributed by atoms with Crippen LogP contribution in [-0.2, 0) is 83.0 Å². The standard InChI is InChI=1S/C70H108N10O23/c1-15-39(8)56(47(99-13)32-51(85)80-31-19-22-46(80)60(100-14)40(9)63(91)73-41(10)61(43-20-17-16-18-21-43)102-69-59(90)57(88)58(89)62(103-69)68(96)97)78(11)67(95)54(37(4)5)77-66(94)55(38(6)7)79(12)70(98)101-35-42-23-25-44(26-24-42)74-64(92)45(34-81)75-65(93)53(36(2)3)76-49(83)29-30-71-50(84)33-72-48(82)27-28-52(86)87/h16-18,20-21,23-26,36-41,45-47,53-62,69,81,88-90H,15,19,22,27-35H2,1-14H3,(H,71,84)(H,72,82)(H,73,91)(H,74,92)(H,75,93)(H,76,83)(H,77,94)(H,86,87)(H,96,97)/t39-,40+,41+,45-,46-,47+,53-,54-,55-,56-,57-,58-,59+,60+,61+,62-,69+/m0/s1/i27T/t27?,39-,40+,41+,45-,46-,47+,53-,54-,55-,56-,57-,58-,59+,60+,61+,62-,69+. The number of methoxy groups -OCH3 is 2. The Labute approximate surface area is 601 Å². The van der Waals surface area contributed by atoms with Gasteiger partial charge in [0.15, 0.2) is 12.4 Å². The van der Waals surface area contributed by atoms with Crippen molar-refractivity contribution < 1.29 is 113 Å². The maximum atomic E-state index is 14.9. The lowest BCUT2D eigenvalue weighted by Gasteiger charge is -2.41. The molecule has 2 heterocycles. The second kappa shape index (κ2) is 41.8. The van der Waals surface area contributed by atoms with E-state index >= 15 is 0 Å². The molecule has 0 saturated carbocycles. The van der Waals surface area contributed by atoms with Crippen molar-refractivity contribution in [2.24, 2.45) is 29.6 Å². The van der Waals surface area contributed by atoms with E-state index in [0.29, 0.717) is 36.9 Å². The van der Waals surface area contributed by atoms with Gasteiger partial charge in [0, 0.05) is 61.3 Å². The van der Waals surface area contributed by atoms with Crippen LogP contribution < -0.4 is 37.2 Å². The summed E-state index contributed by atoms with van der Waals surface area (Å²) in [5.74, 6) is -11.5. The van der Waals surface area contributed by atoms with Gasteiger partial charge < -0.3 is 101 Å². The number of carbonyl (C=O) groups is 12. The molecule has 0 aromatic heterocycles. The van der Waals surface area contributed by atoms with Gasteiger partial charge in [-0.15, -0.1) is 0 Å². The minimum Gasteiger partial charge on any atom is -0.481 e. The molecule has 2 fully saturated rings. The van der Waals surface area contributed by atoms with Crippen molar-refractivity contribution in [3.63, 3.8) is 0 Å². The molecule has 33 nitrogen and oxygen atoms in total. The summed E-state index contributed by atoms with van der Waals surface area (Å²) in [5.41, 5.74) is 1.19. The number of likely N-dealkylation sites (N-methyl/N-ethyl adjacent to an activating group) is 2. The van der Waals surface area contributed by atoms with Crippen molar-refractivity contribution in [1.82, 2.24) is 46.6 Å². The van der Waals surface area contributed by atoms with Crippen LogP contribution in [0.3, 0.4) is 0 Å². The summed E-state index contributed by atoms with van der Waals surface area (Å²) < 4.78 is 36.8. The molecule has 33 heteroatoms. The Morgan fingerprint density at radius 2 is 1.34 bits per heavy atom. The van der Waals surface area contributed by atoms with E-state index in [2.05, 4.69) is 37.2 Å². The normalized spacial score (nSPS) is 21.1. The minimum atomic E-state index is -1.96. The number of aliphatic hydroxyl groups is 4. The number of hydrogen-bond donors (Lipinski definition) is 13. The van der Waals surface area contributed by atoms with E-state index in [4.69, 9.17) is 30.2 Å². The topological polar surface area (TPSA) is 466 Å². The molecule has 1 unspecified atom stereocenters. The average molecular weight is 1460 g/mol. The predicted octanol–water partition coefficient (Wildman–Crippen LogP) is 0.539. The number of carboxylic acid groups (broad SMARTS) is 2. The molecule has 2 aliphatic heterocycles. The van der Waals surface area contributed by atoms with Crippen molar-refractivity contribution in [3.05, 3.63) is 65.7 Å². The first-order valence-corrected chi connectivity index (χ1v) is 34.5. The van der Waals surface area contributed by atoms with Gasteiger partial charge in [-0.3, -0.25) is 52.8 Å². The first kappa shape index (κ1) is 85.2. The summed E-state index contributed by atoms with van der Waals surface area (Å²) in [7, 11) is 5.85. The van der Waals surface area contributed by atoms with E-state index in [-0.39, 0.29) is 43.5 Å². The molecule has 18 atom stereocenters. The number of likely N-dealkylation sites (tertiary alicyclic amines) is 1. The van der Waals surface area contributed by atoms with Crippen LogP contribution in [0.15, 0.2) is 54.6 Å². The number of carbonyl (C=O) groups excluding carboxylic acids is 10. The van der Waals surface area contributed by atoms with E-state index < -0.39 is 206 Å². The Hall–Kier alpha value is -8.44. The first-order chi connectivity index (χ1) is 48.9. The number of benzene rings is 2. The van der Waals surface area contributed by atoms with Crippen molar-refractivity contribution in [3.8, 4) is 0 Å². The van der Waals surface area contributed by atoms with Gasteiger partial charge in [0.05, 0.1) is 62.2 Å². The lowest BCUT2D eigenvalue weighted by Crippen LogP contribution is -2.61. The van der Waals surface area contributed by atoms with Crippen LogP contribution in [0.2, 0.25) is 0 Å². The fraction of sp³-hybridized carbons (Fsp3) is 0.657. The van der Waals surface area contributed by atoms with Crippen LogP contribution in [0.25, 0.3) is 0 Å². The Balaban J connectivity index is 1.36.